The molecule has 0 saturated carbocycles. The van der Waals surface area contributed by atoms with Gasteiger partial charge in [-0.15, -0.1) is 0 Å². The quantitative estimate of drug-likeness (QED) is 0.468. The summed E-state index contributed by atoms with van der Waals surface area (Å²) in [4.78, 5) is 0. The number of hydrogen-bond donors (Lipinski definition) is 2. The van der Waals surface area contributed by atoms with Crippen LogP contribution >= 0.6 is 0 Å². The SMILES string of the molecule is C=C(CNC(C)(O)CC)OC.[HH]. The molecule has 0 aromatic carbocycles. The number of ether oxygens (including phenoxy) is 1. The van der Waals surface area contributed by atoms with E-state index in [1.54, 1.807) is 14.0 Å². The van der Waals surface area contributed by atoms with Gasteiger partial charge >= 0.3 is 0 Å². The second-order valence-corrected chi connectivity index (χ2v) is 2.72. The van der Waals surface area contributed by atoms with Gasteiger partial charge in [-0.05, 0) is 13.3 Å². The molecular weight excluding hydrogens is 142 g/mol. The molecule has 0 aliphatic carbocycles. The average molecular weight is 161 g/mol. The van der Waals surface area contributed by atoms with Gasteiger partial charge in [0.15, 0.2) is 0 Å². The molecule has 0 rings (SSSR count). The van der Waals surface area contributed by atoms with Crippen LogP contribution in [-0.4, -0.2) is 24.5 Å². The normalized spacial score (nSPS) is 15.6. The summed E-state index contributed by atoms with van der Waals surface area (Å²) in [5.74, 6) is 0.624. The number of nitrogens with one attached hydrogen (secondary N) is 1. The van der Waals surface area contributed by atoms with Crippen LogP contribution in [0.1, 0.15) is 21.7 Å². The van der Waals surface area contributed by atoms with Crippen molar-refractivity contribution in [2.24, 2.45) is 0 Å². The van der Waals surface area contributed by atoms with Gasteiger partial charge in [0, 0.05) is 1.43 Å². The van der Waals surface area contributed by atoms with Crippen LogP contribution in [0.2, 0.25) is 0 Å². The minimum absolute atomic E-state index is 0. The lowest BCUT2D eigenvalue weighted by molar-refractivity contribution is 0.0199. The Morgan fingerprint density at radius 1 is 1.82 bits per heavy atom. The lowest BCUT2D eigenvalue weighted by atomic mass is 10.2. The molecule has 68 valence electrons. The zero-order chi connectivity index (χ0) is 8.91. The van der Waals surface area contributed by atoms with Crippen LogP contribution in [0.3, 0.4) is 0 Å². The van der Waals surface area contributed by atoms with E-state index in [-0.39, 0.29) is 1.43 Å². The van der Waals surface area contributed by atoms with E-state index < -0.39 is 5.72 Å². The van der Waals surface area contributed by atoms with Gasteiger partial charge in [-0.25, -0.2) is 0 Å². The molecule has 11 heavy (non-hydrogen) atoms. The molecule has 1 atom stereocenters. The summed E-state index contributed by atoms with van der Waals surface area (Å²) in [5.41, 5.74) is -0.818. The molecule has 0 heterocycles. The lowest BCUT2D eigenvalue weighted by Crippen LogP contribution is -2.42. The minimum Gasteiger partial charge on any atom is -0.500 e. The molecule has 0 bridgehead atoms. The van der Waals surface area contributed by atoms with Gasteiger partial charge in [-0.2, -0.15) is 0 Å². The molecule has 3 nitrogen and oxygen atoms in total. The largest absolute Gasteiger partial charge is 0.500 e. The van der Waals surface area contributed by atoms with E-state index in [9.17, 15) is 5.11 Å². The van der Waals surface area contributed by atoms with Gasteiger partial charge in [0.25, 0.3) is 0 Å². The predicted molar refractivity (Wildman–Crippen MR) is 47.2 cm³/mol. The Labute approximate surface area is 69.5 Å². The Morgan fingerprint density at radius 2 is 2.36 bits per heavy atom. The molecule has 0 aliphatic rings. The van der Waals surface area contributed by atoms with Crippen LogP contribution in [0.15, 0.2) is 12.3 Å². The maximum Gasteiger partial charge on any atom is 0.113 e. The summed E-state index contributed by atoms with van der Waals surface area (Å²) in [5, 5.41) is 12.4. The van der Waals surface area contributed by atoms with Crippen LogP contribution in [0.25, 0.3) is 0 Å². The van der Waals surface area contributed by atoms with Crippen molar-refractivity contribution >= 4 is 0 Å². The van der Waals surface area contributed by atoms with Crippen molar-refractivity contribution in [3.05, 3.63) is 12.3 Å². The summed E-state index contributed by atoms with van der Waals surface area (Å²) in [6.45, 7) is 7.72. The van der Waals surface area contributed by atoms with Crippen molar-refractivity contribution in [2.75, 3.05) is 13.7 Å². The third-order valence-electron chi connectivity index (χ3n) is 1.64. The molecule has 0 spiro atoms. The van der Waals surface area contributed by atoms with Crippen molar-refractivity contribution in [1.82, 2.24) is 5.32 Å². The first-order chi connectivity index (χ1) is 5.02. The van der Waals surface area contributed by atoms with E-state index in [1.165, 1.54) is 0 Å². The topological polar surface area (TPSA) is 41.5 Å². The molecule has 3 heteroatoms. The Bertz CT molecular complexity index is 137. The Kier molecular flexibility index (Phi) is 4.15. The fourth-order valence-electron chi connectivity index (χ4n) is 0.486. The van der Waals surface area contributed by atoms with E-state index in [2.05, 4.69) is 11.9 Å². The summed E-state index contributed by atoms with van der Waals surface area (Å²) in [7, 11) is 1.56. The first kappa shape index (κ1) is 10.5. The minimum atomic E-state index is -0.818. The first-order valence-corrected chi connectivity index (χ1v) is 3.71. The van der Waals surface area contributed by atoms with E-state index in [0.717, 1.165) is 0 Å². The van der Waals surface area contributed by atoms with Crippen LogP contribution < -0.4 is 5.32 Å². The lowest BCUT2D eigenvalue weighted by Gasteiger charge is -2.23. The molecule has 0 aromatic heterocycles. The third kappa shape index (κ3) is 4.81. The van der Waals surface area contributed by atoms with Gasteiger partial charge in [-0.1, -0.05) is 13.5 Å². The van der Waals surface area contributed by atoms with Crippen molar-refractivity contribution in [2.45, 2.75) is 26.0 Å². The monoisotopic (exact) mass is 161 g/mol. The molecule has 0 radical (unpaired) electrons. The maximum atomic E-state index is 9.46. The fourth-order valence-corrected chi connectivity index (χ4v) is 0.486. The summed E-state index contributed by atoms with van der Waals surface area (Å²) in [6, 6.07) is 0. The predicted octanol–water partition coefficient (Wildman–Crippen LogP) is 1.10. The fraction of sp³-hybridized carbons (Fsp3) is 0.750. The van der Waals surface area contributed by atoms with Gasteiger partial charge < -0.3 is 9.84 Å². The highest BCUT2D eigenvalue weighted by Crippen LogP contribution is 2.03. The number of rotatable bonds is 5. The van der Waals surface area contributed by atoms with E-state index in [0.29, 0.717) is 18.7 Å². The summed E-state index contributed by atoms with van der Waals surface area (Å²) >= 11 is 0. The van der Waals surface area contributed by atoms with Crippen molar-refractivity contribution in [3.63, 3.8) is 0 Å². The van der Waals surface area contributed by atoms with Gasteiger partial charge in [0.2, 0.25) is 0 Å². The number of hydrogen-bond acceptors (Lipinski definition) is 3. The maximum absolute atomic E-state index is 9.46. The zero-order valence-electron chi connectivity index (χ0n) is 7.48. The second kappa shape index (κ2) is 4.36. The first-order valence-electron chi connectivity index (χ1n) is 3.71. The average Bonchev–Trinajstić information content (AvgIpc) is 2.00. The molecule has 0 saturated heterocycles. The molecule has 0 fully saturated rings. The molecule has 0 aromatic rings. The Morgan fingerprint density at radius 3 is 2.73 bits per heavy atom. The second-order valence-electron chi connectivity index (χ2n) is 2.72. The summed E-state index contributed by atoms with van der Waals surface area (Å²) in [6.07, 6.45) is 0.657. The van der Waals surface area contributed by atoms with Gasteiger partial charge in [0.1, 0.15) is 11.5 Å². The highest BCUT2D eigenvalue weighted by molar-refractivity contribution is 4.86. The van der Waals surface area contributed by atoms with Crippen LogP contribution in [0.5, 0.6) is 0 Å². The van der Waals surface area contributed by atoms with Gasteiger partial charge in [0.05, 0.1) is 13.7 Å². The Hall–Kier alpha value is -0.540. The molecule has 0 aliphatic heterocycles. The van der Waals surface area contributed by atoms with E-state index in [4.69, 9.17) is 4.74 Å². The smallest absolute Gasteiger partial charge is 0.113 e. The van der Waals surface area contributed by atoms with Crippen molar-refractivity contribution in [1.29, 1.82) is 0 Å². The number of methoxy groups -OCH3 is 1. The van der Waals surface area contributed by atoms with Gasteiger partial charge in [-0.3, -0.25) is 5.32 Å². The van der Waals surface area contributed by atoms with Crippen LogP contribution in [0, 0.1) is 0 Å². The molecular formula is C8H19NO2. The standard InChI is InChI=1S/C8H17NO2.H2/c1-5-8(3,10)9-6-7(2)11-4;/h9-10H,2,5-6H2,1,3-4H3;1H. The number of aliphatic hydroxyl groups is 1. The van der Waals surface area contributed by atoms with E-state index in [1.807, 2.05) is 6.92 Å². The highest BCUT2D eigenvalue weighted by atomic mass is 16.5. The third-order valence-corrected chi connectivity index (χ3v) is 1.64. The molecule has 1 unspecified atom stereocenters. The van der Waals surface area contributed by atoms with Crippen molar-refractivity contribution in [3.8, 4) is 0 Å². The highest BCUT2D eigenvalue weighted by Gasteiger charge is 2.15. The molecule has 2 N–H and O–H groups in total. The van der Waals surface area contributed by atoms with Crippen molar-refractivity contribution < 1.29 is 11.3 Å². The Balaban J connectivity index is 0. The van der Waals surface area contributed by atoms with E-state index >= 15 is 0 Å². The zero-order valence-corrected chi connectivity index (χ0v) is 7.48. The summed E-state index contributed by atoms with van der Waals surface area (Å²) < 4.78 is 4.82. The molecule has 0 amide bonds. The van der Waals surface area contributed by atoms with Crippen LogP contribution in [-0.2, 0) is 4.74 Å². The van der Waals surface area contributed by atoms with Crippen LogP contribution in [0.4, 0.5) is 0 Å².